The Hall–Kier alpha value is -1.76. The van der Waals surface area contributed by atoms with Gasteiger partial charge in [-0.25, -0.2) is 5.84 Å². The fourth-order valence-corrected chi connectivity index (χ4v) is 3.04. The summed E-state index contributed by atoms with van der Waals surface area (Å²) in [5.74, 6) is 4.94. The molecule has 0 aliphatic heterocycles. The van der Waals surface area contributed by atoms with Gasteiger partial charge in [-0.1, -0.05) is 0 Å². The van der Waals surface area contributed by atoms with Gasteiger partial charge < -0.3 is 4.90 Å². The Labute approximate surface area is 128 Å². The maximum Gasteiger partial charge on any atom is 0.275 e. The molecule has 21 heavy (non-hydrogen) atoms. The van der Waals surface area contributed by atoms with Crippen LogP contribution >= 0.6 is 11.3 Å². The lowest BCUT2D eigenvalue weighted by Gasteiger charge is -2.16. The van der Waals surface area contributed by atoms with Crippen molar-refractivity contribution in [3.8, 4) is 0 Å². The molecular weight excluding hydrogens is 284 g/mol. The molecule has 3 N–H and O–H groups in total. The summed E-state index contributed by atoms with van der Waals surface area (Å²) in [7, 11) is 2.08. The first-order valence-electron chi connectivity index (χ1n) is 6.78. The summed E-state index contributed by atoms with van der Waals surface area (Å²) in [6.07, 6.45) is 4.62. The number of amides is 1. The fourth-order valence-electron chi connectivity index (χ4n) is 2.10. The van der Waals surface area contributed by atoms with Gasteiger partial charge in [0.2, 0.25) is 0 Å². The third-order valence-corrected chi connectivity index (χ3v) is 4.44. The smallest absolute Gasteiger partial charge is 0.275 e. The summed E-state index contributed by atoms with van der Waals surface area (Å²) in [5.41, 5.74) is 4.63. The number of nitrogens with one attached hydrogen (secondary N) is 1. The molecule has 2 aromatic rings. The first-order chi connectivity index (χ1) is 10.1. The molecule has 0 unspecified atom stereocenters. The average Bonchev–Trinajstić information content (AvgIpc) is 2.86. The monoisotopic (exact) mass is 304 g/mol. The van der Waals surface area contributed by atoms with Crippen LogP contribution in [-0.2, 0) is 13.0 Å². The van der Waals surface area contributed by atoms with E-state index in [4.69, 9.17) is 5.84 Å². The highest BCUT2D eigenvalue weighted by Gasteiger charge is 2.12. The van der Waals surface area contributed by atoms with Gasteiger partial charge in [0.15, 0.2) is 0 Å². The maximum absolute atomic E-state index is 11.5. The zero-order valence-corrected chi connectivity index (χ0v) is 13.1. The number of carbonyl (C=O) groups excluding carboxylic acids is 1. The van der Waals surface area contributed by atoms with E-state index >= 15 is 0 Å². The van der Waals surface area contributed by atoms with Gasteiger partial charge in [-0.2, -0.15) is 0 Å². The van der Waals surface area contributed by atoms with Crippen molar-refractivity contribution >= 4 is 17.2 Å². The Kier molecular flexibility index (Phi) is 5.44. The van der Waals surface area contributed by atoms with Gasteiger partial charge in [-0.15, -0.1) is 11.3 Å². The molecule has 2 aromatic heterocycles. The van der Waals surface area contributed by atoms with Gasteiger partial charge in [0, 0.05) is 30.4 Å². The van der Waals surface area contributed by atoms with Crippen molar-refractivity contribution in [3.05, 3.63) is 51.5 Å². The minimum Gasteiger partial charge on any atom is -0.302 e. The standard InChI is InChI=1S/C15H20N4OS/c1-11-13(9-14(21-11)15(20)18-16)10-19(2)8-5-12-3-6-17-7-4-12/h3-4,6-7,9H,5,8,10,16H2,1-2H3,(H,18,20). The molecule has 0 atom stereocenters. The van der Waals surface area contributed by atoms with E-state index in [-0.39, 0.29) is 5.91 Å². The second kappa shape index (κ2) is 7.31. The molecule has 0 aliphatic rings. The molecule has 0 aliphatic carbocycles. The number of aryl methyl sites for hydroxylation is 1. The second-order valence-electron chi connectivity index (χ2n) is 5.01. The largest absolute Gasteiger partial charge is 0.302 e. The first-order valence-corrected chi connectivity index (χ1v) is 7.59. The number of nitrogen functional groups attached to an aromatic ring is 1. The highest BCUT2D eigenvalue weighted by molar-refractivity contribution is 7.14. The third kappa shape index (κ3) is 4.35. The first kappa shape index (κ1) is 15.6. The minimum absolute atomic E-state index is 0.228. The molecule has 0 radical (unpaired) electrons. The Morgan fingerprint density at radius 1 is 1.43 bits per heavy atom. The van der Waals surface area contributed by atoms with E-state index in [2.05, 4.69) is 22.4 Å². The summed E-state index contributed by atoms with van der Waals surface area (Å²) in [4.78, 5) is 19.6. The summed E-state index contributed by atoms with van der Waals surface area (Å²) < 4.78 is 0. The normalized spacial score (nSPS) is 10.9. The Morgan fingerprint density at radius 2 is 2.14 bits per heavy atom. The molecule has 0 aromatic carbocycles. The van der Waals surface area contributed by atoms with E-state index in [1.54, 1.807) is 0 Å². The number of hydrogen-bond acceptors (Lipinski definition) is 5. The van der Waals surface area contributed by atoms with Gasteiger partial charge in [-0.05, 0) is 49.7 Å². The molecule has 0 saturated heterocycles. The van der Waals surface area contributed by atoms with Gasteiger partial charge >= 0.3 is 0 Å². The molecular formula is C15H20N4OS. The summed E-state index contributed by atoms with van der Waals surface area (Å²) in [6.45, 7) is 3.81. The van der Waals surface area contributed by atoms with Crippen molar-refractivity contribution in [2.75, 3.05) is 13.6 Å². The SMILES string of the molecule is Cc1sc(C(=O)NN)cc1CN(C)CCc1ccncc1. The number of nitrogens with two attached hydrogens (primary N) is 1. The number of hydrazine groups is 1. The molecule has 0 bridgehead atoms. The number of hydrogen-bond donors (Lipinski definition) is 2. The molecule has 0 spiro atoms. The van der Waals surface area contributed by atoms with Crippen LogP contribution < -0.4 is 11.3 Å². The van der Waals surface area contributed by atoms with Crippen LogP contribution in [-0.4, -0.2) is 29.4 Å². The lowest BCUT2D eigenvalue weighted by Crippen LogP contribution is -2.29. The number of aromatic nitrogens is 1. The van der Waals surface area contributed by atoms with Crippen LogP contribution in [0.4, 0.5) is 0 Å². The van der Waals surface area contributed by atoms with Crippen molar-refractivity contribution in [1.82, 2.24) is 15.3 Å². The zero-order valence-electron chi connectivity index (χ0n) is 12.3. The maximum atomic E-state index is 11.5. The molecule has 2 heterocycles. The molecule has 6 heteroatoms. The van der Waals surface area contributed by atoms with Crippen molar-refractivity contribution in [2.24, 2.45) is 5.84 Å². The average molecular weight is 304 g/mol. The van der Waals surface area contributed by atoms with Crippen molar-refractivity contribution < 1.29 is 4.79 Å². The molecule has 5 nitrogen and oxygen atoms in total. The van der Waals surface area contributed by atoms with Gasteiger partial charge in [0.05, 0.1) is 4.88 Å². The van der Waals surface area contributed by atoms with Crippen LogP contribution in [0.3, 0.4) is 0 Å². The van der Waals surface area contributed by atoms with E-state index in [1.807, 2.05) is 37.5 Å². The predicted molar refractivity (Wildman–Crippen MR) is 85.0 cm³/mol. The Bertz CT molecular complexity index is 597. The number of carbonyl (C=O) groups is 1. The lowest BCUT2D eigenvalue weighted by atomic mass is 10.2. The van der Waals surface area contributed by atoms with Crippen LogP contribution in [0.25, 0.3) is 0 Å². The minimum atomic E-state index is -0.228. The Morgan fingerprint density at radius 3 is 2.81 bits per heavy atom. The van der Waals surface area contributed by atoms with E-state index in [1.165, 1.54) is 22.5 Å². The highest BCUT2D eigenvalue weighted by Crippen LogP contribution is 2.22. The van der Waals surface area contributed by atoms with Crippen LogP contribution in [0.2, 0.25) is 0 Å². The van der Waals surface area contributed by atoms with Gasteiger partial charge in [0.1, 0.15) is 0 Å². The van der Waals surface area contributed by atoms with E-state index in [9.17, 15) is 4.79 Å². The zero-order chi connectivity index (χ0) is 15.2. The molecule has 0 fully saturated rings. The van der Waals surface area contributed by atoms with Crippen LogP contribution in [0, 0.1) is 6.92 Å². The van der Waals surface area contributed by atoms with E-state index < -0.39 is 0 Å². The predicted octanol–water partition coefficient (Wildman–Crippen LogP) is 1.73. The molecule has 1 amide bonds. The molecule has 112 valence electrons. The topological polar surface area (TPSA) is 71.2 Å². The Balaban J connectivity index is 1.92. The van der Waals surface area contributed by atoms with Gasteiger partial charge in [0.25, 0.3) is 5.91 Å². The van der Waals surface area contributed by atoms with Crippen molar-refractivity contribution in [3.63, 3.8) is 0 Å². The fraction of sp³-hybridized carbons (Fsp3) is 0.333. The van der Waals surface area contributed by atoms with Crippen molar-refractivity contribution in [1.29, 1.82) is 0 Å². The van der Waals surface area contributed by atoms with Gasteiger partial charge in [-0.3, -0.25) is 15.2 Å². The third-order valence-electron chi connectivity index (χ3n) is 3.35. The summed E-state index contributed by atoms with van der Waals surface area (Å²) >= 11 is 1.48. The quantitative estimate of drug-likeness (QED) is 0.484. The molecule has 2 rings (SSSR count). The second-order valence-corrected chi connectivity index (χ2v) is 6.27. The number of likely N-dealkylation sites (N-methyl/N-ethyl adjacent to an activating group) is 1. The summed E-state index contributed by atoms with van der Waals surface area (Å²) in [6, 6.07) is 5.99. The van der Waals surface area contributed by atoms with Crippen LogP contribution in [0.5, 0.6) is 0 Å². The lowest BCUT2D eigenvalue weighted by molar-refractivity contribution is 0.0957. The number of rotatable bonds is 6. The molecule has 0 saturated carbocycles. The van der Waals surface area contributed by atoms with E-state index in [0.717, 1.165) is 24.4 Å². The van der Waals surface area contributed by atoms with E-state index in [0.29, 0.717) is 4.88 Å². The summed E-state index contributed by atoms with van der Waals surface area (Å²) in [5, 5.41) is 0. The number of nitrogens with zero attached hydrogens (tertiary/aromatic N) is 2. The van der Waals surface area contributed by atoms with Crippen LogP contribution in [0.15, 0.2) is 30.6 Å². The number of thiophene rings is 1. The van der Waals surface area contributed by atoms with Crippen LogP contribution in [0.1, 0.15) is 25.7 Å². The van der Waals surface area contributed by atoms with Crippen molar-refractivity contribution in [2.45, 2.75) is 19.9 Å². The number of pyridine rings is 1. The highest BCUT2D eigenvalue weighted by atomic mass is 32.1.